The molecule has 0 saturated heterocycles. The number of hydrogen-bond donors (Lipinski definition) is 1. The van der Waals surface area contributed by atoms with Crippen LogP contribution in [0.5, 0.6) is 11.6 Å². The fourth-order valence-corrected chi connectivity index (χ4v) is 1.74. The summed E-state index contributed by atoms with van der Waals surface area (Å²) in [7, 11) is 1.72. The highest BCUT2D eigenvalue weighted by atomic mass is 19.4. The van der Waals surface area contributed by atoms with E-state index in [0.717, 1.165) is 12.1 Å². The molecule has 0 aliphatic carbocycles. The van der Waals surface area contributed by atoms with E-state index in [-0.39, 0.29) is 11.6 Å². The second-order valence-corrected chi connectivity index (χ2v) is 4.24. The Bertz CT molecular complexity index is 629. The van der Waals surface area contributed by atoms with E-state index < -0.39 is 17.6 Å². The van der Waals surface area contributed by atoms with Crippen molar-refractivity contribution in [2.45, 2.75) is 12.7 Å². The fourth-order valence-electron chi connectivity index (χ4n) is 1.74. The highest BCUT2D eigenvalue weighted by Gasteiger charge is 2.34. The van der Waals surface area contributed by atoms with Crippen LogP contribution < -0.4 is 10.1 Å². The van der Waals surface area contributed by atoms with Gasteiger partial charge in [0.1, 0.15) is 11.6 Å². The van der Waals surface area contributed by atoms with Gasteiger partial charge in [0.15, 0.2) is 0 Å². The molecule has 1 aromatic carbocycles. The number of aromatic nitrogens is 1. The molecule has 2 aromatic rings. The summed E-state index contributed by atoms with van der Waals surface area (Å²) in [5, 5.41) is 2.89. The minimum atomic E-state index is -4.78. The first kappa shape index (κ1) is 15.2. The van der Waals surface area contributed by atoms with Crippen molar-refractivity contribution in [2.75, 3.05) is 7.05 Å². The predicted molar refractivity (Wildman–Crippen MR) is 68.5 cm³/mol. The maximum absolute atomic E-state index is 13.2. The van der Waals surface area contributed by atoms with E-state index in [1.807, 2.05) is 0 Å². The van der Waals surface area contributed by atoms with Crippen molar-refractivity contribution in [3.05, 3.63) is 53.5 Å². The molecule has 0 fully saturated rings. The van der Waals surface area contributed by atoms with Gasteiger partial charge >= 0.3 is 6.18 Å². The van der Waals surface area contributed by atoms with Crippen molar-refractivity contribution < 1.29 is 22.3 Å². The Morgan fingerprint density at radius 1 is 1.24 bits per heavy atom. The van der Waals surface area contributed by atoms with Crippen molar-refractivity contribution in [1.29, 1.82) is 0 Å². The standard InChI is InChI=1S/C14H12F4N2O/c1-19-8-9-3-2-6-20-13(9)21-10-4-5-12(15)11(7-10)14(16,17)18/h2-7,19H,8H2,1H3. The topological polar surface area (TPSA) is 34.2 Å². The summed E-state index contributed by atoms with van der Waals surface area (Å²) in [5.41, 5.74) is -0.691. The van der Waals surface area contributed by atoms with Gasteiger partial charge in [-0.25, -0.2) is 9.37 Å². The van der Waals surface area contributed by atoms with E-state index in [1.165, 1.54) is 6.20 Å². The van der Waals surface area contributed by atoms with Gasteiger partial charge in [0.05, 0.1) is 5.56 Å². The molecule has 0 amide bonds. The molecular weight excluding hydrogens is 288 g/mol. The van der Waals surface area contributed by atoms with Crippen molar-refractivity contribution in [3.8, 4) is 11.6 Å². The summed E-state index contributed by atoms with van der Waals surface area (Å²) in [4.78, 5) is 3.97. The Kier molecular flexibility index (Phi) is 4.42. The largest absolute Gasteiger partial charge is 0.439 e. The maximum Gasteiger partial charge on any atom is 0.419 e. The molecule has 3 nitrogen and oxygen atoms in total. The van der Waals surface area contributed by atoms with Gasteiger partial charge in [0.25, 0.3) is 0 Å². The first-order valence-corrected chi connectivity index (χ1v) is 6.05. The van der Waals surface area contributed by atoms with E-state index in [0.29, 0.717) is 18.2 Å². The van der Waals surface area contributed by atoms with Crippen LogP contribution in [0.3, 0.4) is 0 Å². The van der Waals surface area contributed by atoms with Crippen LogP contribution in [0, 0.1) is 5.82 Å². The van der Waals surface area contributed by atoms with Crippen molar-refractivity contribution in [2.24, 2.45) is 0 Å². The number of nitrogens with one attached hydrogen (secondary N) is 1. The van der Waals surface area contributed by atoms with E-state index in [1.54, 1.807) is 19.2 Å². The molecule has 0 spiro atoms. The van der Waals surface area contributed by atoms with Crippen molar-refractivity contribution in [1.82, 2.24) is 10.3 Å². The van der Waals surface area contributed by atoms with Gasteiger partial charge in [0.2, 0.25) is 5.88 Å². The molecule has 0 radical (unpaired) electrons. The van der Waals surface area contributed by atoms with Crippen LogP contribution in [0.15, 0.2) is 36.5 Å². The third-order valence-corrected chi connectivity index (χ3v) is 2.67. The van der Waals surface area contributed by atoms with E-state index in [4.69, 9.17) is 4.74 Å². The maximum atomic E-state index is 13.2. The van der Waals surface area contributed by atoms with Crippen LogP contribution >= 0.6 is 0 Å². The molecule has 0 unspecified atom stereocenters. The molecular formula is C14H12F4N2O. The number of pyridine rings is 1. The van der Waals surface area contributed by atoms with Gasteiger partial charge in [-0.3, -0.25) is 0 Å². The quantitative estimate of drug-likeness (QED) is 0.873. The minimum Gasteiger partial charge on any atom is -0.439 e. The smallest absolute Gasteiger partial charge is 0.419 e. The monoisotopic (exact) mass is 300 g/mol. The lowest BCUT2D eigenvalue weighted by molar-refractivity contribution is -0.140. The Morgan fingerprint density at radius 2 is 2.00 bits per heavy atom. The number of ether oxygens (including phenoxy) is 1. The molecule has 1 N–H and O–H groups in total. The number of hydrogen-bond acceptors (Lipinski definition) is 3. The third kappa shape index (κ3) is 3.69. The molecule has 0 aliphatic rings. The Hall–Kier alpha value is -2.15. The Balaban J connectivity index is 2.33. The third-order valence-electron chi connectivity index (χ3n) is 2.67. The normalized spacial score (nSPS) is 11.5. The van der Waals surface area contributed by atoms with E-state index in [9.17, 15) is 17.6 Å². The van der Waals surface area contributed by atoms with Gasteiger partial charge in [0, 0.05) is 18.3 Å². The molecule has 1 aromatic heterocycles. The molecule has 1 heterocycles. The Morgan fingerprint density at radius 3 is 2.67 bits per heavy atom. The van der Waals surface area contributed by atoms with Gasteiger partial charge < -0.3 is 10.1 Å². The summed E-state index contributed by atoms with van der Waals surface area (Å²) in [6.45, 7) is 0.441. The van der Waals surface area contributed by atoms with Crippen LogP contribution in [-0.2, 0) is 12.7 Å². The van der Waals surface area contributed by atoms with Gasteiger partial charge in [-0.2, -0.15) is 13.2 Å². The zero-order valence-electron chi connectivity index (χ0n) is 11.0. The number of alkyl halides is 3. The second-order valence-electron chi connectivity index (χ2n) is 4.24. The summed E-state index contributed by atoms with van der Waals surface area (Å²) in [6.07, 6.45) is -3.32. The lowest BCUT2D eigenvalue weighted by Crippen LogP contribution is -2.09. The van der Waals surface area contributed by atoms with Crippen molar-refractivity contribution >= 4 is 0 Å². The zero-order valence-corrected chi connectivity index (χ0v) is 11.0. The SMILES string of the molecule is CNCc1cccnc1Oc1ccc(F)c(C(F)(F)F)c1. The van der Waals surface area contributed by atoms with Crippen molar-refractivity contribution in [3.63, 3.8) is 0 Å². The predicted octanol–water partition coefficient (Wildman–Crippen LogP) is 3.75. The van der Waals surface area contributed by atoms with Crippen LogP contribution in [0.1, 0.15) is 11.1 Å². The molecule has 0 aliphatic heterocycles. The molecule has 21 heavy (non-hydrogen) atoms. The molecule has 2 rings (SSSR count). The molecule has 7 heteroatoms. The van der Waals surface area contributed by atoms with Crippen LogP contribution in [0.2, 0.25) is 0 Å². The fraction of sp³-hybridized carbons (Fsp3) is 0.214. The number of nitrogens with zero attached hydrogens (tertiary/aromatic N) is 1. The number of rotatable bonds is 4. The average molecular weight is 300 g/mol. The van der Waals surface area contributed by atoms with Crippen LogP contribution in [0.25, 0.3) is 0 Å². The summed E-state index contributed by atoms with van der Waals surface area (Å²) >= 11 is 0. The van der Waals surface area contributed by atoms with Gasteiger partial charge in [-0.1, -0.05) is 6.07 Å². The first-order chi connectivity index (χ1) is 9.91. The van der Waals surface area contributed by atoms with E-state index in [2.05, 4.69) is 10.3 Å². The van der Waals surface area contributed by atoms with E-state index >= 15 is 0 Å². The van der Waals surface area contributed by atoms with Crippen LogP contribution in [-0.4, -0.2) is 12.0 Å². The number of benzene rings is 1. The summed E-state index contributed by atoms with van der Waals surface area (Å²) in [5.74, 6) is -1.29. The average Bonchev–Trinajstić information content (AvgIpc) is 2.42. The Labute approximate surface area is 118 Å². The minimum absolute atomic E-state index is 0.125. The van der Waals surface area contributed by atoms with Gasteiger partial charge in [-0.05, 0) is 31.3 Å². The zero-order chi connectivity index (χ0) is 15.5. The summed E-state index contributed by atoms with van der Waals surface area (Å²) in [6, 6.07) is 5.88. The molecule has 0 bridgehead atoms. The second kappa shape index (κ2) is 6.09. The number of halogens is 4. The lowest BCUT2D eigenvalue weighted by Gasteiger charge is -2.12. The molecule has 112 valence electrons. The summed E-state index contributed by atoms with van der Waals surface area (Å²) < 4.78 is 56.5. The lowest BCUT2D eigenvalue weighted by atomic mass is 10.2. The molecule has 0 saturated carbocycles. The van der Waals surface area contributed by atoms with Crippen LogP contribution in [0.4, 0.5) is 17.6 Å². The van der Waals surface area contributed by atoms with Gasteiger partial charge in [-0.15, -0.1) is 0 Å². The highest BCUT2D eigenvalue weighted by molar-refractivity contribution is 5.36. The first-order valence-electron chi connectivity index (χ1n) is 6.05. The highest BCUT2D eigenvalue weighted by Crippen LogP contribution is 2.34. The molecule has 0 atom stereocenters.